The minimum Gasteiger partial charge on any atom is -0.388 e. The summed E-state index contributed by atoms with van der Waals surface area (Å²) in [6.07, 6.45) is 2.87. The third-order valence-corrected chi connectivity index (χ3v) is 3.04. The monoisotopic (exact) mass is 254 g/mol. The van der Waals surface area contributed by atoms with E-state index >= 15 is 0 Å². The lowest BCUT2D eigenvalue weighted by molar-refractivity contribution is 0.174. The topological polar surface area (TPSA) is 38.0 Å². The van der Waals surface area contributed by atoms with Crippen molar-refractivity contribution in [2.45, 2.75) is 12.5 Å². The van der Waals surface area contributed by atoms with Crippen molar-refractivity contribution >= 4 is 11.6 Å². The van der Waals surface area contributed by atoms with Gasteiger partial charge in [0.25, 0.3) is 0 Å². The molecule has 0 radical (unpaired) electrons. The van der Waals surface area contributed by atoms with Gasteiger partial charge in [-0.2, -0.15) is 0 Å². The number of aromatic nitrogens is 2. The van der Waals surface area contributed by atoms with E-state index in [1.807, 2.05) is 7.05 Å². The zero-order valence-electron chi connectivity index (χ0n) is 9.27. The van der Waals surface area contributed by atoms with Crippen LogP contribution in [0.3, 0.4) is 0 Å². The van der Waals surface area contributed by atoms with Crippen LogP contribution in [0, 0.1) is 5.82 Å². The summed E-state index contributed by atoms with van der Waals surface area (Å²) in [4.78, 5) is 4.10. The summed E-state index contributed by atoms with van der Waals surface area (Å²) in [7, 11) is 1.84. The van der Waals surface area contributed by atoms with Crippen molar-refractivity contribution in [1.82, 2.24) is 9.55 Å². The molecule has 1 heterocycles. The number of rotatable bonds is 3. The average molecular weight is 255 g/mol. The molecule has 1 aromatic heterocycles. The minimum atomic E-state index is -0.862. The van der Waals surface area contributed by atoms with Gasteiger partial charge in [0.05, 0.1) is 11.1 Å². The van der Waals surface area contributed by atoms with Crippen molar-refractivity contribution in [3.05, 3.63) is 52.8 Å². The Bertz CT molecular complexity index is 527. The van der Waals surface area contributed by atoms with E-state index in [-0.39, 0.29) is 5.02 Å². The summed E-state index contributed by atoms with van der Waals surface area (Å²) in [5.74, 6) is 0.195. The molecule has 1 atom stereocenters. The molecule has 0 saturated heterocycles. The molecule has 0 aliphatic heterocycles. The molecule has 5 heteroatoms. The van der Waals surface area contributed by atoms with Crippen LogP contribution in [-0.2, 0) is 13.5 Å². The zero-order valence-corrected chi connectivity index (χ0v) is 10.0. The fourth-order valence-electron chi connectivity index (χ4n) is 1.65. The van der Waals surface area contributed by atoms with E-state index in [9.17, 15) is 9.50 Å². The predicted molar refractivity (Wildman–Crippen MR) is 63.3 cm³/mol. The third kappa shape index (κ3) is 2.48. The third-order valence-electron chi connectivity index (χ3n) is 2.64. The molecule has 2 aromatic rings. The van der Waals surface area contributed by atoms with E-state index in [1.54, 1.807) is 23.0 Å². The molecule has 0 spiro atoms. The molecule has 0 saturated carbocycles. The number of hydrogen-bond donors (Lipinski definition) is 1. The van der Waals surface area contributed by atoms with Crippen LogP contribution in [0.5, 0.6) is 0 Å². The van der Waals surface area contributed by atoms with Crippen LogP contribution in [0.25, 0.3) is 0 Å². The summed E-state index contributed by atoms with van der Waals surface area (Å²) in [5.41, 5.74) is 0.384. The van der Waals surface area contributed by atoms with Gasteiger partial charge in [-0.05, 0) is 6.07 Å². The lowest BCUT2D eigenvalue weighted by Gasteiger charge is -2.12. The summed E-state index contributed by atoms with van der Waals surface area (Å²) in [6.45, 7) is 0. The van der Waals surface area contributed by atoms with Gasteiger partial charge in [-0.25, -0.2) is 9.37 Å². The van der Waals surface area contributed by atoms with Crippen LogP contribution < -0.4 is 0 Å². The van der Waals surface area contributed by atoms with Gasteiger partial charge in [-0.3, -0.25) is 0 Å². The molecule has 3 nitrogen and oxygen atoms in total. The van der Waals surface area contributed by atoms with Crippen LogP contribution in [-0.4, -0.2) is 14.7 Å². The van der Waals surface area contributed by atoms with Crippen molar-refractivity contribution in [2.75, 3.05) is 0 Å². The van der Waals surface area contributed by atoms with Gasteiger partial charge in [0, 0.05) is 31.4 Å². The smallest absolute Gasteiger partial charge is 0.142 e. The fourth-order valence-corrected chi connectivity index (χ4v) is 1.91. The molecule has 90 valence electrons. The molecule has 0 amide bonds. The van der Waals surface area contributed by atoms with E-state index in [0.717, 1.165) is 5.82 Å². The molecular formula is C12H12ClFN2O. The Morgan fingerprint density at radius 1 is 1.53 bits per heavy atom. The van der Waals surface area contributed by atoms with Crippen molar-refractivity contribution in [3.63, 3.8) is 0 Å². The average Bonchev–Trinajstić information content (AvgIpc) is 2.68. The highest BCUT2D eigenvalue weighted by molar-refractivity contribution is 6.31. The fraction of sp³-hybridized carbons (Fsp3) is 0.250. The lowest BCUT2D eigenvalue weighted by atomic mass is 10.1. The Morgan fingerprint density at radius 3 is 2.94 bits per heavy atom. The quantitative estimate of drug-likeness (QED) is 0.914. The van der Waals surface area contributed by atoms with E-state index in [1.165, 1.54) is 12.1 Å². The molecule has 2 rings (SSSR count). The van der Waals surface area contributed by atoms with E-state index in [2.05, 4.69) is 4.98 Å². The molecule has 17 heavy (non-hydrogen) atoms. The maximum absolute atomic E-state index is 13.2. The SMILES string of the molecule is Cn1ccnc1CC(O)c1cccc(F)c1Cl. The summed E-state index contributed by atoms with van der Waals surface area (Å²) >= 11 is 5.81. The van der Waals surface area contributed by atoms with Crippen molar-refractivity contribution in [2.24, 2.45) is 7.05 Å². The first-order chi connectivity index (χ1) is 8.09. The molecule has 1 unspecified atom stereocenters. The van der Waals surface area contributed by atoms with Gasteiger partial charge >= 0.3 is 0 Å². The van der Waals surface area contributed by atoms with Crippen molar-refractivity contribution in [3.8, 4) is 0 Å². The van der Waals surface area contributed by atoms with E-state index in [0.29, 0.717) is 12.0 Å². The molecule has 0 bridgehead atoms. The number of imidazole rings is 1. The van der Waals surface area contributed by atoms with Crippen molar-refractivity contribution in [1.29, 1.82) is 0 Å². The number of aryl methyl sites for hydroxylation is 1. The summed E-state index contributed by atoms with van der Waals surface area (Å²) in [5, 5.41) is 9.98. The molecule has 1 N–H and O–H groups in total. The highest BCUT2D eigenvalue weighted by atomic mass is 35.5. The Hall–Kier alpha value is -1.39. The van der Waals surface area contributed by atoms with Gasteiger partial charge < -0.3 is 9.67 Å². The molecule has 0 fully saturated rings. The second-order valence-corrected chi connectivity index (χ2v) is 4.20. The maximum atomic E-state index is 13.2. The van der Waals surface area contributed by atoms with Gasteiger partial charge in [0.1, 0.15) is 11.6 Å². The van der Waals surface area contributed by atoms with E-state index in [4.69, 9.17) is 11.6 Å². The molecular weight excluding hydrogens is 243 g/mol. The van der Waals surface area contributed by atoms with Crippen LogP contribution in [0.15, 0.2) is 30.6 Å². The second-order valence-electron chi connectivity index (χ2n) is 3.82. The van der Waals surface area contributed by atoms with Gasteiger partial charge in [-0.15, -0.1) is 0 Å². The highest BCUT2D eigenvalue weighted by Gasteiger charge is 2.16. The number of halogens is 2. The standard InChI is InChI=1S/C12H12ClFN2O/c1-16-6-5-15-11(16)7-10(17)8-3-2-4-9(14)12(8)13/h2-6,10,17H,7H2,1H3. The predicted octanol–water partition coefficient (Wildman–Crippen LogP) is 2.49. The number of aliphatic hydroxyl groups excluding tert-OH is 1. The number of nitrogens with zero attached hydrogens (tertiary/aromatic N) is 2. The van der Waals surface area contributed by atoms with Gasteiger partial charge in [0.15, 0.2) is 0 Å². The first-order valence-corrected chi connectivity index (χ1v) is 5.55. The highest BCUT2D eigenvalue weighted by Crippen LogP contribution is 2.27. The summed E-state index contributed by atoms with van der Waals surface area (Å²) in [6, 6.07) is 4.40. The normalized spacial score (nSPS) is 12.7. The van der Waals surface area contributed by atoms with Crippen LogP contribution >= 0.6 is 11.6 Å². The van der Waals surface area contributed by atoms with Crippen molar-refractivity contribution < 1.29 is 9.50 Å². The first-order valence-electron chi connectivity index (χ1n) is 5.17. The summed E-state index contributed by atoms with van der Waals surface area (Å²) < 4.78 is 15.0. The largest absolute Gasteiger partial charge is 0.388 e. The van der Waals surface area contributed by atoms with Gasteiger partial charge in [-0.1, -0.05) is 23.7 Å². The number of hydrogen-bond acceptors (Lipinski definition) is 2. The van der Waals surface area contributed by atoms with Crippen LogP contribution in [0.4, 0.5) is 4.39 Å². The second kappa shape index (κ2) is 4.85. The first kappa shape index (κ1) is 12.1. The Labute approximate surface area is 103 Å². The van der Waals surface area contributed by atoms with Gasteiger partial charge in [0.2, 0.25) is 0 Å². The maximum Gasteiger partial charge on any atom is 0.142 e. The number of aliphatic hydroxyl groups is 1. The Kier molecular flexibility index (Phi) is 3.45. The van der Waals surface area contributed by atoms with Crippen LogP contribution in [0.1, 0.15) is 17.5 Å². The Balaban J connectivity index is 2.23. The lowest BCUT2D eigenvalue weighted by Crippen LogP contribution is -2.07. The zero-order chi connectivity index (χ0) is 12.4. The number of benzene rings is 1. The minimum absolute atomic E-state index is 0.0331. The molecule has 0 aliphatic rings. The van der Waals surface area contributed by atoms with Crippen LogP contribution in [0.2, 0.25) is 5.02 Å². The molecule has 1 aromatic carbocycles. The molecule has 0 aliphatic carbocycles. The van der Waals surface area contributed by atoms with E-state index < -0.39 is 11.9 Å². The Morgan fingerprint density at radius 2 is 2.29 bits per heavy atom.